The van der Waals surface area contributed by atoms with Gasteiger partial charge in [-0.3, -0.25) is 10.2 Å². The van der Waals surface area contributed by atoms with Crippen molar-refractivity contribution in [3.63, 3.8) is 0 Å². The number of carbonyl (C=O) groups is 2. The highest BCUT2D eigenvalue weighted by atomic mass is 16.6. The number of amides is 2. The van der Waals surface area contributed by atoms with Crippen molar-refractivity contribution in [2.24, 2.45) is 52.3 Å². The number of rotatable bonds is 7. The molecule has 39 heavy (non-hydrogen) atoms. The van der Waals surface area contributed by atoms with Crippen molar-refractivity contribution in [2.45, 2.75) is 111 Å². The first-order chi connectivity index (χ1) is 18.6. The Labute approximate surface area is 236 Å². The van der Waals surface area contributed by atoms with Crippen molar-refractivity contribution < 1.29 is 14.3 Å². The molecule has 216 valence electrons. The molecule has 8 atom stereocenters. The maximum Gasteiger partial charge on any atom is 0.426 e. The summed E-state index contributed by atoms with van der Waals surface area (Å²) in [6.45, 7) is 12.4. The van der Waals surface area contributed by atoms with Gasteiger partial charge in [-0.1, -0.05) is 89.8 Å². The molecule has 5 nitrogen and oxygen atoms in total. The van der Waals surface area contributed by atoms with Crippen LogP contribution in [0.5, 0.6) is 0 Å². The summed E-state index contributed by atoms with van der Waals surface area (Å²) < 4.78 is 5.77. The zero-order chi connectivity index (χ0) is 27.8. The van der Waals surface area contributed by atoms with Gasteiger partial charge in [0.05, 0.1) is 5.92 Å². The van der Waals surface area contributed by atoms with Gasteiger partial charge in [0.1, 0.15) is 6.10 Å². The molecule has 0 spiro atoms. The van der Waals surface area contributed by atoms with Gasteiger partial charge in [-0.25, -0.2) is 10.2 Å². The Balaban J connectivity index is 1.17. The minimum absolute atomic E-state index is 0.125. The summed E-state index contributed by atoms with van der Waals surface area (Å²) >= 11 is 0. The highest BCUT2D eigenvalue weighted by Crippen LogP contribution is 2.67. The SMILES string of the molecule is CC(C)CCC[C@@H](C)[C@H]1CC[C@H]2[C@@H]3CC=C4CC(OC(=O)NNC(=O)C5C=CC=C5)CC[C@]4(C)[C@H]3CC[C@]12C. The summed E-state index contributed by atoms with van der Waals surface area (Å²) in [6, 6.07) is 0. The number of hydrogen-bond donors (Lipinski definition) is 2. The number of allylic oxidation sites excluding steroid dienone is 3. The third-order valence-corrected chi connectivity index (χ3v) is 11.9. The van der Waals surface area contributed by atoms with Gasteiger partial charge in [0.15, 0.2) is 0 Å². The maximum atomic E-state index is 12.4. The van der Waals surface area contributed by atoms with E-state index in [0.29, 0.717) is 5.41 Å². The van der Waals surface area contributed by atoms with Crippen LogP contribution in [0.25, 0.3) is 0 Å². The second-order valence-electron chi connectivity index (χ2n) is 14.5. The zero-order valence-electron chi connectivity index (χ0n) is 25.0. The third-order valence-electron chi connectivity index (χ3n) is 11.9. The Hall–Kier alpha value is -2.04. The number of ether oxygens (including phenoxy) is 1. The third kappa shape index (κ3) is 5.61. The van der Waals surface area contributed by atoms with Crippen LogP contribution in [0.1, 0.15) is 105 Å². The summed E-state index contributed by atoms with van der Waals surface area (Å²) in [7, 11) is 0. The summed E-state index contributed by atoms with van der Waals surface area (Å²) in [5.41, 5.74) is 7.18. The molecular weight excluding hydrogens is 484 g/mol. The second kappa shape index (κ2) is 11.4. The van der Waals surface area contributed by atoms with Gasteiger partial charge in [-0.05, 0) is 91.3 Å². The minimum Gasteiger partial charge on any atom is -0.445 e. The largest absolute Gasteiger partial charge is 0.445 e. The first-order valence-corrected chi connectivity index (χ1v) is 15.9. The second-order valence-corrected chi connectivity index (χ2v) is 14.5. The van der Waals surface area contributed by atoms with Crippen molar-refractivity contribution in [3.05, 3.63) is 36.0 Å². The molecule has 5 aliphatic rings. The van der Waals surface area contributed by atoms with Crippen LogP contribution in [0.4, 0.5) is 4.79 Å². The van der Waals surface area contributed by atoms with Crippen LogP contribution >= 0.6 is 0 Å². The zero-order valence-corrected chi connectivity index (χ0v) is 25.0. The van der Waals surface area contributed by atoms with E-state index in [-0.39, 0.29) is 23.3 Å². The number of carbonyl (C=O) groups excluding carboxylic acids is 2. The average Bonchev–Trinajstić information content (AvgIpc) is 3.55. The molecule has 1 unspecified atom stereocenters. The Kier molecular flexibility index (Phi) is 8.36. The number of hydrogen-bond acceptors (Lipinski definition) is 3. The van der Waals surface area contributed by atoms with E-state index in [1.807, 2.05) is 12.2 Å². The van der Waals surface area contributed by atoms with Crippen LogP contribution < -0.4 is 10.9 Å². The average molecular weight is 537 g/mol. The Morgan fingerprint density at radius 1 is 0.974 bits per heavy atom. The number of hydrazine groups is 1. The lowest BCUT2D eigenvalue weighted by Crippen LogP contribution is -2.51. The lowest BCUT2D eigenvalue weighted by atomic mass is 9.47. The molecule has 3 fully saturated rings. The summed E-state index contributed by atoms with van der Waals surface area (Å²) in [6.07, 6.45) is 22.8. The molecular formula is C34H52N2O3. The van der Waals surface area contributed by atoms with Gasteiger partial charge in [0.25, 0.3) is 0 Å². The summed E-state index contributed by atoms with van der Waals surface area (Å²) in [5.74, 6) is 4.38. The van der Waals surface area contributed by atoms with Crippen molar-refractivity contribution in [2.75, 3.05) is 0 Å². The quantitative estimate of drug-likeness (QED) is 0.257. The predicted molar refractivity (Wildman–Crippen MR) is 156 cm³/mol. The van der Waals surface area contributed by atoms with E-state index in [1.54, 1.807) is 12.2 Å². The molecule has 0 aromatic carbocycles. The van der Waals surface area contributed by atoms with E-state index < -0.39 is 6.09 Å². The summed E-state index contributed by atoms with van der Waals surface area (Å²) in [4.78, 5) is 24.6. The van der Waals surface area contributed by atoms with E-state index in [4.69, 9.17) is 4.74 Å². The first-order valence-electron chi connectivity index (χ1n) is 15.9. The van der Waals surface area contributed by atoms with Gasteiger partial charge in [0.2, 0.25) is 5.91 Å². The lowest BCUT2D eigenvalue weighted by Gasteiger charge is -2.58. The smallest absolute Gasteiger partial charge is 0.426 e. The van der Waals surface area contributed by atoms with Gasteiger partial charge in [-0.2, -0.15) is 0 Å². The van der Waals surface area contributed by atoms with Crippen molar-refractivity contribution in [1.82, 2.24) is 10.9 Å². The fourth-order valence-electron chi connectivity index (χ4n) is 9.74. The van der Waals surface area contributed by atoms with Crippen molar-refractivity contribution in [3.8, 4) is 0 Å². The molecule has 0 aromatic heterocycles. The molecule has 2 amide bonds. The molecule has 5 aliphatic carbocycles. The Morgan fingerprint density at radius 2 is 1.74 bits per heavy atom. The van der Waals surface area contributed by atoms with E-state index in [0.717, 1.165) is 54.8 Å². The molecule has 0 heterocycles. The Bertz CT molecular complexity index is 1000. The van der Waals surface area contributed by atoms with Gasteiger partial charge >= 0.3 is 6.09 Å². The fourth-order valence-corrected chi connectivity index (χ4v) is 9.74. The molecule has 2 N–H and O–H groups in total. The fraction of sp³-hybridized carbons (Fsp3) is 0.765. The summed E-state index contributed by atoms with van der Waals surface area (Å²) in [5, 5.41) is 0. The predicted octanol–water partition coefficient (Wildman–Crippen LogP) is 7.90. The van der Waals surface area contributed by atoms with Crippen LogP contribution in [0, 0.1) is 52.3 Å². The molecule has 0 aromatic rings. The van der Waals surface area contributed by atoms with Crippen LogP contribution in [0.3, 0.4) is 0 Å². The molecule has 0 radical (unpaired) electrons. The van der Waals surface area contributed by atoms with E-state index in [2.05, 4.69) is 51.5 Å². The monoisotopic (exact) mass is 536 g/mol. The standard InChI is InChI=1S/C34H52N2O3/c1-22(2)9-8-10-23(3)28-15-16-29-27-14-13-25-21-26(17-19-33(25,4)30(27)18-20-34(28,29)5)39-32(38)36-35-31(37)24-11-6-7-12-24/h6-7,11-13,22-24,26-30H,8-10,14-21H2,1-5H3,(H,35,37)(H,36,38)/t23-,26?,27+,28-,29+,30+,33+,34-/m1/s1. The molecule has 5 heteroatoms. The molecule has 3 saturated carbocycles. The van der Waals surface area contributed by atoms with Crippen molar-refractivity contribution in [1.29, 1.82) is 0 Å². The van der Waals surface area contributed by atoms with E-state index in [1.165, 1.54) is 56.9 Å². The van der Waals surface area contributed by atoms with Crippen LogP contribution in [-0.2, 0) is 9.53 Å². The molecule has 0 aliphatic heterocycles. The Morgan fingerprint density at radius 3 is 2.49 bits per heavy atom. The van der Waals surface area contributed by atoms with Crippen LogP contribution in [0.2, 0.25) is 0 Å². The van der Waals surface area contributed by atoms with E-state index in [9.17, 15) is 9.59 Å². The topological polar surface area (TPSA) is 67.4 Å². The number of fused-ring (bicyclic) bond motifs is 5. The first kappa shape index (κ1) is 28.5. The highest BCUT2D eigenvalue weighted by molar-refractivity contribution is 5.84. The van der Waals surface area contributed by atoms with Crippen LogP contribution in [-0.4, -0.2) is 18.1 Å². The van der Waals surface area contributed by atoms with E-state index >= 15 is 0 Å². The maximum absolute atomic E-state index is 12.4. The molecule has 0 saturated heterocycles. The van der Waals surface area contributed by atoms with Crippen molar-refractivity contribution >= 4 is 12.0 Å². The van der Waals surface area contributed by atoms with Gasteiger partial charge in [0, 0.05) is 6.42 Å². The normalized spacial score (nSPS) is 38.0. The minimum atomic E-state index is -0.565. The number of nitrogens with one attached hydrogen (secondary N) is 2. The van der Waals surface area contributed by atoms with Gasteiger partial charge in [-0.15, -0.1) is 0 Å². The molecule has 0 bridgehead atoms. The van der Waals surface area contributed by atoms with Crippen LogP contribution in [0.15, 0.2) is 36.0 Å². The lowest BCUT2D eigenvalue weighted by molar-refractivity contribution is -0.123. The highest BCUT2D eigenvalue weighted by Gasteiger charge is 2.59. The van der Waals surface area contributed by atoms with Gasteiger partial charge < -0.3 is 4.74 Å². The molecule has 5 rings (SSSR count).